The Balaban J connectivity index is 1.46. The molecule has 0 aromatic heterocycles. The van der Waals surface area contributed by atoms with E-state index >= 15 is 0 Å². The molecule has 2 unspecified atom stereocenters. The first-order valence-corrected chi connectivity index (χ1v) is 10.2. The third-order valence-electron chi connectivity index (χ3n) is 5.35. The van der Waals surface area contributed by atoms with Gasteiger partial charge in [0.2, 0.25) is 5.91 Å². The lowest BCUT2D eigenvalue weighted by Gasteiger charge is -2.17. The molecular weight excluding hydrogens is 416 g/mol. The molecule has 0 heterocycles. The molecular formula is C23H26N2O7. The molecule has 0 saturated heterocycles. The lowest BCUT2D eigenvalue weighted by molar-refractivity contribution is -0.146. The maximum Gasteiger partial charge on any atom is 0.407 e. The molecule has 2 amide bonds. The summed E-state index contributed by atoms with van der Waals surface area (Å²) in [7, 11) is 1.32. The van der Waals surface area contributed by atoms with Crippen LogP contribution in [-0.2, 0) is 19.1 Å². The van der Waals surface area contributed by atoms with Crippen LogP contribution >= 0.6 is 0 Å². The third kappa shape index (κ3) is 5.43. The van der Waals surface area contributed by atoms with Crippen LogP contribution < -0.4 is 10.6 Å². The fourth-order valence-electron chi connectivity index (χ4n) is 3.71. The highest BCUT2D eigenvalue weighted by molar-refractivity contribution is 5.82. The van der Waals surface area contributed by atoms with Crippen molar-refractivity contribution in [2.24, 2.45) is 0 Å². The van der Waals surface area contributed by atoms with Crippen molar-refractivity contribution in [1.82, 2.24) is 10.6 Å². The highest BCUT2D eigenvalue weighted by atomic mass is 16.5. The summed E-state index contributed by atoms with van der Waals surface area (Å²) in [5.74, 6) is -2.07. The predicted octanol–water partition coefficient (Wildman–Crippen LogP) is 1.49. The van der Waals surface area contributed by atoms with Gasteiger partial charge in [0, 0.05) is 26.0 Å². The van der Waals surface area contributed by atoms with Crippen LogP contribution in [0, 0.1) is 0 Å². The molecule has 0 spiro atoms. The number of methoxy groups -OCH3 is 1. The molecule has 4 N–H and O–H groups in total. The number of carboxylic acid groups (broad SMARTS) is 1. The highest BCUT2D eigenvalue weighted by Gasteiger charge is 2.29. The topological polar surface area (TPSA) is 134 Å². The summed E-state index contributed by atoms with van der Waals surface area (Å²) in [6.45, 7) is -0.140. The van der Waals surface area contributed by atoms with Crippen molar-refractivity contribution >= 4 is 18.0 Å². The monoisotopic (exact) mass is 442 g/mol. The zero-order valence-electron chi connectivity index (χ0n) is 17.6. The first kappa shape index (κ1) is 23.2. The number of carbonyl (C=O) groups excluding carboxylic acids is 2. The minimum absolute atomic E-state index is 0.0497. The summed E-state index contributed by atoms with van der Waals surface area (Å²) in [5.41, 5.74) is 4.50. The second-order valence-electron chi connectivity index (χ2n) is 7.36. The van der Waals surface area contributed by atoms with Crippen LogP contribution in [0.2, 0.25) is 0 Å². The molecule has 2 aromatic carbocycles. The molecule has 9 nitrogen and oxygen atoms in total. The number of ether oxygens (including phenoxy) is 2. The normalized spacial score (nSPS) is 14.1. The lowest BCUT2D eigenvalue weighted by atomic mass is 9.98. The molecule has 1 aliphatic carbocycles. The Bertz CT molecular complexity index is 933. The first-order chi connectivity index (χ1) is 15.4. The van der Waals surface area contributed by atoms with E-state index < -0.39 is 36.7 Å². The van der Waals surface area contributed by atoms with E-state index in [-0.39, 0.29) is 25.5 Å². The Kier molecular flexibility index (Phi) is 7.80. The molecule has 170 valence electrons. The summed E-state index contributed by atoms with van der Waals surface area (Å²) < 4.78 is 10.5. The number of alkyl carbamates (subject to hydrolysis) is 1. The van der Waals surface area contributed by atoms with Crippen LogP contribution in [0.1, 0.15) is 23.5 Å². The number of aliphatic hydroxyl groups is 1. The number of amides is 2. The summed E-state index contributed by atoms with van der Waals surface area (Å²) in [6.07, 6.45) is -3.07. The quantitative estimate of drug-likeness (QED) is 0.438. The Hall–Kier alpha value is -3.43. The van der Waals surface area contributed by atoms with E-state index in [1.54, 1.807) is 0 Å². The molecule has 1 aliphatic rings. The molecule has 0 fully saturated rings. The Labute approximate surface area is 185 Å². The number of hydrogen-bond acceptors (Lipinski definition) is 6. The fourth-order valence-corrected chi connectivity index (χ4v) is 3.71. The lowest BCUT2D eigenvalue weighted by Crippen LogP contribution is -2.43. The molecule has 32 heavy (non-hydrogen) atoms. The molecule has 3 rings (SSSR count). The van der Waals surface area contributed by atoms with Crippen molar-refractivity contribution in [3.8, 4) is 11.1 Å². The van der Waals surface area contributed by atoms with Crippen LogP contribution in [0.15, 0.2) is 48.5 Å². The van der Waals surface area contributed by atoms with Gasteiger partial charge in [-0.3, -0.25) is 4.79 Å². The van der Waals surface area contributed by atoms with Gasteiger partial charge in [-0.15, -0.1) is 0 Å². The van der Waals surface area contributed by atoms with E-state index in [9.17, 15) is 19.5 Å². The standard InChI is InChI=1S/C23H26N2O7/c1-31-20(21(27)25-12-19(26)22(28)29)10-11-24-23(30)32-13-18-16-8-4-2-6-14(16)15-7-3-5-9-17(15)18/h2-9,18-20,26H,10-13H2,1H3,(H,24,30)(H,25,27)(H,28,29). The largest absolute Gasteiger partial charge is 0.479 e. The molecule has 9 heteroatoms. The maximum absolute atomic E-state index is 12.2. The average Bonchev–Trinajstić information content (AvgIpc) is 3.12. The zero-order chi connectivity index (χ0) is 23.1. The number of carboxylic acids is 1. The van der Waals surface area contributed by atoms with E-state index in [1.807, 2.05) is 36.4 Å². The molecule has 2 aromatic rings. The van der Waals surface area contributed by atoms with E-state index in [0.717, 1.165) is 22.3 Å². The SMILES string of the molecule is COC(CCNC(=O)OCC1c2ccccc2-c2ccccc21)C(=O)NCC(O)C(=O)O. The first-order valence-electron chi connectivity index (χ1n) is 10.2. The van der Waals surface area contributed by atoms with Gasteiger partial charge < -0.3 is 30.3 Å². The number of aliphatic carboxylic acids is 1. The van der Waals surface area contributed by atoms with Gasteiger partial charge in [-0.2, -0.15) is 0 Å². The van der Waals surface area contributed by atoms with Gasteiger partial charge in [0.25, 0.3) is 0 Å². The number of hydrogen-bond donors (Lipinski definition) is 4. The van der Waals surface area contributed by atoms with E-state index in [1.165, 1.54) is 7.11 Å². The van der Waals surface area contributed by atoms with Crippen molar-refractivity contribution in [2.75, 3.05) is 26.8 Å². The van der Waals surface area contributed by atoms with Crippen molar-refractivity contribution in [2.45, 2.75) is 24.5 Å². The predicted molar refractivity (Wildman–Crippen MR) is 115 cm³/mol. The van der Waals surface area contributed by atoms with Gasteiger partial charge >= 0.3 is 12.1 Å². The number of benzene rings is 2. The van der Waals surface area contributed by atoms with Gasteiger partial charge in [0.05, 0.1) is 6.54 Å². The van der Waals surface area contributed by atoms with E-state index in [4.69, 9.17) is 14.6 Å². The Morgan fingerprint density at radius 3 is 2.16 bits per heavy atom. The van der Waals surface area contributed by atoms with Gasteiger partial charge in [0.1, 0.15) is 12.7 Å². The summed E-state index contributed by atoms with van der Waals surface area (Å²) in [4.78, 5) is 34.8. The van der Waals surface area contributed by atoms with Crippen molar-refractivity contribution in [1.29, 1.82) is 0 Å². The minimum atomic E-state index is -1.70. The van der Waals surface area contributed by atoms with E-state index in [0.29, 0.717) is 0 Å². The summed E-state index contributed by atoms with van der Waals surface area (Å²) >= 11 is 0. The number of fused-ring (bicyclic) bond motifs is 3. The fraction of sp³-hybridized carbons (Fsp3) is 0.348. The van der Waals surface area contributed by atoms with Gasteiger partial charge in [-0.05, 0) is 22.3 Å². The molecule has 0 radical (unpaired) electrons. The van der Waals surface area contributed by atoms with Crippen LogP contribution in [0.5, 0.6) is 0 Å². The summed E-state index contributed by atoms with van der Waals surface area (Å²) in [6, 6.07) is 16.1. The highest BCUT2D eigenvalue weighted by Crippen LogP contribution is 2.44. The van der Waals surface area contributed by atoms with Crippen molar-refractivity contribution in [3.05, 3.63) is 59.7 Å². The second-order valence-corrected chi connectivity index (χ2v) is 7.36. The van der Waals surface area contributed by atoms with Crippen LogP contribution in [0.3, 0.4) is 0 Å². The minimum Gasteiger partial charge on any atom is -0.479 e. The molecule has 0 saturated carbocycles. The number of nitrogens with one attached hydrogen (secondary N) is 2. The van der Waals surface area contributed by atoms with Crippen LogP contribution in [-0.4, -0.2) is 67.2 Å². The molecule has 2 atom stereocenters. The van der Waals surface area contributed by atoms with Gasteiger partial charge in [-0.1, -0.05) is 48.5 Å². The molecule has 0 aliphatic heterocycles. The van der Waals surface area contributed by atoms with Crippen molar-refractivity contribution in [3.63, 3.8) is 0 Å². The number of carbonyl (C=O) groups is 3. The number of aliphatic hydroxyl groups excluding tert-OH is 1. The molecule has 0 bridgehead atoms. The van der Waals surface area contributed by atoms with Crippen LogP contribution in [0.25, 0.3) is 11.1 Å². The average molecular weight is 442 g/mol. The third-order valence-corrected chi connectivity index (χ3v) is 5.35. The van der Waals surface area contributed by atoms with Gasteiger partial charge in [-0.25, -0.2) is 9.59 Å². The van der Waals surface area contributed by atoms with Gasteiger partial charge in [0.15, 0.2) is 6.10 Å². The maximum atomic E-state index is 12.2. The Morgan fingerprint density at radius 1 is 1.00 bits per heavy atom. The smallest absolute Gasteiger partial charge is 0.407 e. The number of rotatable bonds is 10. The second kappa shape index (κ2) is 10.7. The van der Waals surface area contributed by atoms with Crippen LogP contribution in [0.4, 0.5) is 4.79 Å². The zero-order valence-corrected chi connectivity index (χ0v) is 17.6. The Morgan fingerprint density at radius 2 is 1.59 bits per heavy atom. The van der Waals surface area contributed by atoms with Crippen molar-refractivity contribution < 1.29 is 34.1 Å². The summed E-state index contributed by atoms with van der Waals surface area (Å²) in [5, 5.41) is 22.7. The van der Waals surface area contributed by atoms with E-state index in [2.05, 4.69) is 22.8 Å².